The lowest BCUT2D eigenvalue weighted by atomic mass is 9.85. The van der Waals surface area contributed by atoms with Gasteiger partial charge in [0.2, 0.25) is 5.91 Å². The molecule has 0 bridgehead atoms. The average molecular weight is 340 g/mol. The van der Waals surface area contributed by atoms with Gasteiger partial charge in [0.05, 0.1) is 10.6 Å². The van der Waals surface area contributed by atoms with Gasteiger partial charge in [0.15, 0.2) is 0 Å². The van der Waals surface area contributed by atoms with Gasteiger partial charge in [-0.15, -0.1) is 11.8 Å². The standard InChI is InChI=1S/C15H18BrNOS/c1-11-6-8-15(9-7-11)17(14(18)10-19-15)13-4-2-12(16)3-5-13/h2-5,11H,6-10H2,1H3. The normalized spacial score (nSPS) is 31.2. The number of nitrogens with zero attached hydrogens (tertiary/aromatic N) is 1. The lowest BCUT2D eigenvalue weighted by Crippen LogP contribution is -2.46. The average Bonchev–Trinajstić information content (AvgIpc) is 2.72. The number of rotatable bonds is 1. The van der Waals surface area contributed by atoms with E-state index in [2.05, 4.69) is 27.8 Å². The van der Waals surface area contributed by atoms with Crippen LogP contribution in [0, 0.1) is 5.92 Å². The Morgan fingerprint density at radius 1 is 1.26 bits per heavy atom. The number of amides is 1. The Balaban J connectivity index is 1.92. The fourth-order valence-electron chi connectivity index (χ4n) is 3.10. The van der Waals surface area contributed by atoms with Gasteiger partial charge in [0.1, 0.15) is 0 Å². The largest absolute Gasteiger partial charge is 0.297 e. The minimum atomic E-state index is 0.0252. The first-order valence-corrected chi connectivity index (χ1v) is 8.61. The molecule has 1 saturated heterocycles. The third kappa shape index (κ3) is 2.45. The van der Waals surface area contributed by atoms with Crippen LogP contribution in [0.4, 0.5) is 5.69 Å². The van der Waals surface area contributed by atoms with Crippen molar-refractivity contribution in [2.24, 2.45) is 5.92 Å². The van der Waals surface area contributed by atoms with Gasteiger partial charge in [0, 0.05) is 10.2 Å². The van der Waals surface area contributed by atoms with Crippen LogP contribution in [0.5, 0.6) is 0 Å². The minimum absolute atomic E-state index is 0.0252. The summed E-state index contributed by atoms with van der Waals surface area (Å²) < 4.78 is 1.06. The molecule has 1 aromatic carbocycles. The van der Waals surface area contributed by atoms with E-state index in [1.807, 2.05) is 36.0 Å². The van der Waals surface area contributed by atoms with Gasteiger partial charge in [-0.05, 0) is 55.9 Å². The lowest BCUT2D eigenvalue weighted by molar-refractivity contribution is -0.116. The molecule has 102 valence electrons. The summed E-state index contributed by atoms with van der Waals surface area (Å²) in [5, 5.41) is 0. The highest BCUT2D eigenvalue weighted by atomic mass is 79.9. The van der Waals surface area contributed by atoms with E-state index in [-0.39, 0.29) is 10.8 Å². The highest BCUT2D eigenvalue weighted by molar-refractivity contribution is 9.10. The van der Waals surface area contributed by atoms with E-state index in [9.17, 15) is 4.79 Å². The molecule has 1 saturated carbocycles. The molecule has 1 aliphatic heterocycles. The number of carbonyl (C=O) groups excluding carboxylic acids is 1. The maximum atomic E-state index is 12.3. The summed E-state index contributed by atoms with van der Waals surface area (Å²) in [4.78, 5) is 14.4. The molecule has 2 fully saturated rings. The zero-order valence-electron chi connectivity index (χ0n) is 11.1. The molecule has 4 heteroatoms. The molecule has 19 heavy (non-hydrogen) atoms. The number of carbonyl (C=O) groups is 1. The summed E-state index contributed by atoms with van der Waals surface area (Å²) in [6.07, 6.45) is 4.71. The van der Waals surface area contributed by atoms with Crippen LogP contribution in [-0.4, -0.2) is 16.5 Å². The maximum Gasteiger partial charge on any atom is 0.238 e. The number of benzene rings is 1. The van der Waals surface area contributed by atoms with Crippen LogP contribution < -0.4 is 4.90 Å². The Morgan fingerprint density at radius 2 is 1.89 bits per heavy atom. The Kier molecular flexibility index (Phi) is 3.65. The van der Waals surface area contributed by atoms with Gasteiger partial charge in [-0.3, -0.25) is 9.69 Å². The first-order valence-electron chi connectivity index (χ1n) is 6.83. The molecule has 1 aromatic rings. The van der Waals surface area contributed by atoms with E-state index >= 15 is 0 Å². The quantitative estimate of drug-likeness (QED) is 0.753. The third-order valence-corrected chi connectivity index (χ3v) is 6.31. The van der Waals surface area contributed by atoms with Crippen molar-refractivity contribution in [3.05, 3.63) is 28.7 Å². The highest BCUT2D eigenvalue weighted by Gasteiger charge is 2.48. The van der Waals surface area contributed by atoms with Crippen LogP contribution in [0.1, 0.15) is 32.6 Å². The smallest absolute Gasteiger partial charge is 0.238 e. The fraction of sp³-hybridized carbons (Fsp3) is 0.533. The molecule has 0 aromatic heterocycles. The molecular formula is C15H18BrNOS. The van der Waals surface area contributed by atoms with Crippen LogP contribution in [-0.2, 0) is 4.79 Å². The number of hydrogen-bond donors (Lipinski definition) is 0. The summed E-state index contributed by atoms with van der Waals surface area (Å²) in [6.45, 7) is 2.32. The van der Waals surface area contributed by atoms with E-state index in [1.54, 1.807) is 0 Å². The second kappa shape index (κ2) is 5.13. The first-order chi connectivity index (χ1) is 9.11. The van der Waals surface area contributed by atoms with E-state index < -0.39 is 0 Å². The lowest BCUT2D eigenvalue weighted by Gasteiger charge is -2.42. The summed E-state index contributed by atoms with van der Waals surface area (Å²) >= 11 is 5.30. The predicted molar refractivity (Wildman–Crippen MR) is 84.4 cm³/mol. The second-order valence-corrected chi connectivity index (χ2v) is 7.88. The molecule has 1 aliphatic carbocycles. The molecule has 1 amide bonds. The highest BCUT2D eigenvalue weighted by Crippen LogP contribution is 2.50. The van der Waals surface area contributed by atoms with Crippen molar-refractivity contribution in [2.45, 2.75) is 37.5 Å². The molecule has 2 nitrogen and oxygen atoms in total. The summed E-state index contributed by atoms with van der Waals surface area (Å²) in [5.74, 6) is 1.69. The number of anilines is 1. The number of thioether (sulfide) groups is 1. The second-order valence-electron chi connectivity index (χ2n) is 5.62. The molecule has 3 rings (SSSR count). The fourth-order valence-corrected chi connectivity index (χ4v) is 4.75. The summed E-state index contributed by atoms with van der Waals surface area (Å²) in [6, 6.07) is 8.14. The minimum Gasteiger partial charge on any atom is -0.297 e. The Hall–Kier alpha value is -0.480. The zero-order chi connectivity index (χ0) is 13.5. The van der Waals surface area contributed by atoms with Gasteiger partial charge in [0.25, 0.3) is 0 Å². The molecule has 1 heterocycles. The van der Waals surface area contributed by atoms with Crippen LogP contribution in [0.15, 0.2) is 28.7 Å². The maximum absolute atomic E-state index is 12.3. The van der Waals surface area contributed by atoms with Crippen LogP contribution >= 0.6 is 27.7 Å². The van der Waals surface area contributed by atoms with E-state index in [4.69, 9.17) is 0 Å². The van der Waals surface area contributed by atoms with Gasteiger partial charge < -0.3 is 0 Å². The van der Waals surface area contributed by atoms with E-state index in [0.717, 1.165) is 28.9 Å². The van der Waals surface area contributed by atoms with Gasteiger partial charge in [-0.1, -0.05) is 22.9 Å². The molecule has 0 N–H and O–H groups in total. The van der Waals surface area contributed by atoms with E-state index in [1.165, 1.54) is 12.8 Å². The molecule has 0 unspecified atom stereocenters. The van der Waals surface area contributed by atoms with Crippen LogP contribution in [0.2, 0.25) is 0 Å². The van der Waals surface area contributed by atoms with Crippen LogP contribution in [0.25, 0.3) is 0 Å². The van der Waals surface area contributed by atoms with Gasteiger partial charge in [-0.25, -0.2) is 0 Å². The topological polar surface area (TPSA) is 20.3 Å². The van der Waals surface area contributed by atoms with Crippen molar-refractivity contribution < 1.29 is 4.79 Å². The molecular weight excluding hydrogens is 322 g/mol. The third-order valence-electron chi connectivity index (χ3n) is 4.26. The first kappa shape index (κ1) is 13.5. The Morgan fingerprint density at radius 3 is 2.53 bits per heavy atom. The van der Waals surface area contributed by atoms with Crippen molar-refractivity contribution in [3.63, 3.8) is 0 Å². The van der Waals surface area contributed by atoms with E-state index in [0.29, 0.717) is 5.75 Å². The monoisotopic (exact) mass is 339 g/mol. The number of halogens is 1. The van der Waals surface area contributed by atoms with Crippen molar-refractivity contribution in [1.82, 2.24) is 0 Å². The zero-order valence-corrected chi connectivity index (χ0v) is 13.5. The summed E-state index contributed by atoms with van der Waals surface area (Å²) in [7, 11) is 0. The molecule has 1 spiro atoms. The Bertz CT molecular complexity index is 479. The van der Waals surface area contributed by atoms with Crippen molar-refractivity contribution in [1.29, 1.82) is 0 Å². The predicted octanol–water partition coefficient (Wildman–Crippen LogP) is 4.44. The van der Waals surface area contributed by atoms with Crippen molar-refractivity contribution >= 4 is 39.3 Å². The van der Waals surface area contributed by atoms with Crippen molar-refractivity contribution in [3.8, 4) is 0 Å². The van der Waals surface area contributed by atoms with Gasteiger partial charge >= 0.3 is 0 Å². The SMILES string of the molecule is CC1CCC2(CC1)SCC(=O)N2c1ccc(Br)cc1. The van der Waals surface area contributed by atoms with Crippen LogP contribution in [0.3, 0.4) is 0 Å². The van der Waals surface area contributed by atoms with Crippen molar-refractivity contribution in [2.75, 3.05) is 10.7 Å². The molecule has 2 aliphatic rings. The molecule has 0 atom stereocenters. The summed E-state index contributed by atoms with van der Waals surface area (Å²) in [5.41, 5.74) is 1.05. The number of hydrogen-bond acceptors (Lipinski definition) is 2. The Labute approximate surface area is 127 Å². The molecule has 0 radical (unpaired) electrons. The van der Waals surface area contributed by atoms with Gasteiger partial charge in [-0.2, -0.15) is 0 Å².